The number of aryl methyl sites for hydroxylation is 1. The number of aliphatic imine (C=N–C) groups is 1. The summed E-state index contributed by atoms with van der Waals surface area (Å²) in [6, 6.07) is 7.05. The largest absolute Gasteiger partial charge is 0.496 e. The van der Waals surface area contributed by atoms with Gasteiger partial charge in [-0.2, -0.15) is 0 Å². The van der Waals surface area contributed by atoms with Crippen molar-refractivity contribution in [3.63, 3.8) is 0 Å². The monoisotopic (exact) mass is 345 g/mol. The van der Waals surface area contributed by atoms with Gasteiger partial charge in [0.1, 0.15) is 5.75 Å². The summed E-state index contributed by atoms with van der Waals surface area (Å²) in [5, 5.41) is 6.90. The maximum absolute atomic E-state index is 5.69. The molecule has 5 nitrogen and oxygen atoms in total. The molecule has 0 radical (unpaired) electrons. The van der Waals surface area contributed by atoms with E-state index in [0.717, 1.165) is 50.9 Å². The van der Waals surface area contributed by atoms with Crippen LogP contribution in [0.1, 0.15) is 43.7 Å². The van der Waals surface area contributed by atoms with Gasteiger partial charge in [0.15, 0.2) is 5.96 Å². The van der Waals surface area contributed by atoms with Crippen molar-refractivity contribution in [1.82, 2.24) is 10.6 Å². The first-order chi connectivity index (χ1) is 12.2. The molecule has 1 aromatic carbocycles. The van der Waals surface area contributed by atoms with Crippen LogP contribution in [-0.4, -0.2) is 45.4 Å². The number of guanidine groups is 1. The number of ether oxygens (including phenoxy) is 2. The van der Waals surface area contributed by atoms with E-state index in [1.807, 2.05) is 0 Å². The van der Waals surface area contributed by atoms with E-state index in [1.54, 1.807) is 7.11 Å². The Labute approximate surface area is 151 Å². The molecule has 25 heavy (non-hydrogen) atoms. The molecule has 1 aliphatic heterocycles. The summed E-state index contributed by atoms with van der Waals surface area (Å²) >= 11 is 0. The van der Waals surface area contributed by atoms with Gasteiger partial charge in [-0.3, -0.25) is 4.99 Å². The third-order valence-corrected chi connectivity index (χ3v) is 5.18. The van der Waals surface area contributed by atoms with Crippen LogP contribution >= 0.6 is 0 Å². The van der Waals surface area contributed by atoms with Gasteiger partial charge in [0.05, 0.1) is 13.7 Å². The number of benzene rings is 1. The lowest BCUT2D eigenvalue weighted by molar-refractivity contribution is 0.0522. The molecule has 0 amide bonds. The lowest BCUT2D eigenvalue weighted by Crippen LogP contribution is -2.42. The second kappa shape index (κ2) is 8.09. The van der Waals surface area contributed by atoms with Crippen LogP contribution in [0.2, 0.25) is 0 Å². The molecule has 1 saturated heterocycles. The van der Waals surface area contributed by atoms with Crippen LogP contribution in [0.25, 0.3) is 0 Å². The van der Waals surface area contributed by atoms with Crippen LogP contribution in [0.4, 0.5) is 0 Å². The van der Waals surface area contributed by atoms with Crippen molar-refractivity contribution in [3.05, 3.63) is 29.3 Å². The van der Waals surface area contributed by atoms with E-state index < -0.39 is 0 Å². The van der Waals surface area contributed by atoms with Crippen LogP contribution in [-0.2, 0) is 10.2 Å². The van der Waals surface area contributed by atoms with E-state index in [2.05, 4.69) is 42.7 Å². The second-order valence-electron chi connectivity index (χ2n) is 7.21. The van der Waals surface area contributed by atoms with E-state index >= 15 is 0 Å². The summed E-state index contributed by atoms with van der Waals surface area (Å²) in [4.78, 5) is 4.95. The van der Waals surface area contributed by atoms with E-state index in [9.17, 15) is 0 Å². The first kappa shape index (κ1) is 18.1. The summed E-state index contributed by atoms with van der Waals surface area (Å²) in [6.07, 6.45) is 4.43. The molecule has 1 heterocycles. The second-order valence-corrected chi connectivity index (χ2v) is 7.21. The quantitative estimate of drug-likeness (QED) is 0.615. The first-order valence-corrected chi connectivity index (χ1v) is 9.44. The first-order valence-electron chi connectivity index (χ1n) is 9.44. The average Bonchev–Trinajstić information content (AvgIpc) is 3.45. The minimum Gasteiger partial charge on any atom is -0.496 e. The number of hydrogen-bond donors (Lipinski definition) is 2. The van der Waals surface area contributed by atoms with Gasteiger partial charge in [-0.05, 0) is 45.6 Å². The van der Waals surface area contributed by atoms with Gasteiger partial charge >= 0.3 is 0 Å². The SMILES string of the molecule is CCNC(=NCC1(c2cc(C)ccc2OC)CCOCC1)NC1CC1. The Balaban J connectivity index is 1.89. The predicted octanol–water partition coefficient (Wildman–Crippen LogP) is 2.77. The Morgan fingerprint density at radius 1 is 1.32 bits per heavy atom. The fourth-order valence-electron chi connectivity index (χ4n) is 3.48. The summed E-state index contributed by atoms with van der Waals surface area (Å²) in [6.45, 7) is 7.43. The lowest BCUT2D eigenvalue weighted by atomic mass is 9.73. The summed E-state index contributed by atoms with van der Waals surface area (Å²) in [5.41, 5.74) is 2.50. The number of nitrogens with zero attached hydrogens (tertiary/aromatic N) is 1. The zero-order valence-electron chi connectivity index (χ0n) is 15.7. The topological polar surface area (TPSA) is 54.9 Å². The fraction of sp³-hybridized carbons (Fsp3) is 0.650. The predicted molar refractivity (Wildman–Crippen MR) is 102 cm³/mol. The van der Waals surface area contributed by atoms with Gasteiger partial charge in [0.2, 0.25) is 0 Å². The van der Waals surface area contributed by atoms with Gasteiger partial charge in [-0.25, -0.2) is 0 Å². The molecule has 1 aliphatic carbocycles. The molecule has 2 N–H and O–H groups in total. The minimum absolute atomic E-state index is 0.0263. The number of hydrogen-bond acceptors (Lipinski definition) is 3. The van der Waals surface area contributed by atoms with Gasteiger partial charge in [0, 0.05) is 36.8 Å². The molecule has 3 rings (SSSR count). The Morgan fingerprint density at radius 2 is 2.08 bits per heavy atom. The highest BCUT2D eigenvalue weighted by molar-refractivity contribution is 5.80. The molecule has 0 unspecified atom stereocenters. The van der Waals surface area contributed by atoms with Gasteiger partial charge in [-0.1, -0.05) is 17.7 Å². The van der Waals surface area contributed by atoms with Crippen molar-refractivity contribution in [2.75, 3.05) is 33.4 Å². The highest BCUT2D eigenvalue weighted by Gasteiger charge is 2.37. The van der Waals surface area contributed by atoms with Crippen molar-refractivity contribution in [2.45, 2.75) is 51.0 Å². The normalized spacial score (nSPS) is 20.2. The van der Waals surface area contributed by atoms with Gasteiger partial charge in [-0.15, -0.1) is 0 Å². The highest BCUT2D eigenvalue weighted by Crippen LogP contribution is 2.40. The van der Waals surface area contributed by atoms with Crippen LogP contribution in [0, 0.1) is 6.92 Å². The average molecular weight is 345 g/mol. The lowest BCUT2D eigenvalue weighted by Gasteiger charge is -2.37. The fourth-order valence-corrected chi connectivity index (χ4v) is 3.48. The molecule has 0 spiro atoms. The van der Waals surface area contributed by atoms with E-state index in [0.29, 0.717) is 6.04 Å². The zero-order valence-corrected chi connectivity index (χ0v) is 15.7. The molecule has 2 fully saturated rings. The molecule has 0 aromatic heterocycles. The molecular weight excluding hydrogens is 314 g/mol. The molecule has 5 heteroatoms. The molecule has 2 aliphatic rings. The maximum atomic E-state index is 5.69. The zero-order chi connectivity index (χ0) is 17.7. The number of nitrogens with one attached hydrogen (secondary N) is 2. The van der Waals surface area contributed by atoms with Crippen LogP contribution in [0.3, 0.4) is 0 Å². The molecule has 1 aromatic rings. The molecular formula is C20H31N3O2. The van der Waals surface area contributed by atoms with E-state index in [-0.39, 0.29) is 5.41 Å². The van der Waals surface area contributed by atoms with E-state index in [1.165, 1.54) is 24.0 Å². The van der Waals surface area contributed by atoms with Crippen molar-refractivity contribution in [2.24, 2.45) is 4.99 Å². The van der Waals surface area contributed by atoms with Crippen molar-refractivity contribution >= 4 is 5.96 Å². The minimum atomic E-state index is -0.0263. The third-order valence-electron chi connectivity index (χ3n) is 5.18. The Hall–Kier alpha value is -1.75. The maximum Gasteiger partial charge on any atom is 0.191 e. The van der Waals surface area contributed by atoms with Crippen LogP contribution in [0.5, 0.6) is 5.75 Å². The van der Waals surface area contributed by atoms with Gasteiger partial charge in [0.25, 0.3) is 0 Å². The Bertz CT molecular complexity index is 605. The molecule has 0 atom stereocenters. The molecule has 138 valence electrons. The summed E-state index contributed by atoms with van der Waals surface area (Å²) in [7, 11) is 1.75. The van der Waals surface area contributed by atoms with Crippen molar-refractivity contribution < 1.29 is 9.47 Å². The number of rotatable bonds is 6. The number of methoxy groups -OCH3 is 1. The summed E-state index contributed by atoms with van der Waals surface area (Å²) < 4.78 is 11.3. The smallest absolute Gasteiger partial charge is 0.191 e. The Morgan fingerprint density at radius 3 is 2.72 bits per heavy atom. The van der Waals surface area contributed by atoms with E-state index in [4.69, 9.17) is 14.5 Å². The van der Waals surface area contributed by atoms with Crippen molar-refractivity contribution in [1.29, 1.82) is 0 Å². The highest BCUT2D eigenvalue weighted by atomic mass is 16.5. The van der Waals surface area contributed by atoms with Gasteiger partial charge < -0.3 is 20.1 Å². The molecule has 0 bridgehead atoms. The van der Waals surface area contributed by atoms with Crippen LogP contribution < -0.4 is 15.4 Å². The third kappa shape index (κ3) is 4.46. The molecule has 1 saturated carbocycles. The summed E-state index contributed by atoms with van der Waals surface area (Å²) in [5.74, 6) is 1.89. The van der Waals surface area contributed by atoms with Crippen LogP contribution in [0.15, 0.2) is 23.2 Å². The Kier molecular flexibility index (Phi) is 5.84. The standard InChI is InChI=1S/C20H31N3O2/c1-4-21-19(23-16-6-7-16)22-14-20(9-11-25-12-10-20)17-13-15(2)5-8-18(17)24-3/h5,8,13,16H,4,6-7,9-12,14H2,1-3H3,(H2,21,22,23). The van der Waals surface area contributed by atoms with Crippen molar-refractivity contribution in [3.8, 4) is 5.75 Å².